The van der Waals surface area contributed by atoms with Gasteiger partial charge in [0.1, 0.15) is 0 Å². The maximum atomic E-state index is 12.0. The molecule has 1 aromatic rings. The molecule has 1 aromatic carbocycles. The Bertz CT molecular complexity index is 461. The van der Waals surface area contributed by atoms with Crippen molar-refractivity contribution in [1.82, 2.24) is 10.2 Å². The number of anilines is 1. The van der Waals surface area contributed by atoms with Crippen molar-refractivity contribution in [2.24, 2.45) is 0 Å². The van der Waals surface area contributed by atoms with Gasteiger partial charge in [-0.25, -0.2) is 0 Å². The number of hydrogen-bond donors (Lipinski definition) is 3. The van der Waals surface area contributed by atoms with Gasteiger partial charge < -0.3 is 21.1 Å². The minimum atomic E-state index is -0.986. The average Bonchev–Trinajstić information content (AvgIpc) is 2.27. The fraction of sp³-hybridized carbons (Fsp3) is 0.462. The van der Waals surface area contributed by atoms with E-state index in [0.29, 0.717) is 17.8 Å². The first-order valence-electron chi connectivity index (χ1n) is 5.91. The Morgan fingerprint density at radius 2 is 2.16 bits per heavy atom. The van der Waals surface area contributed by atoms with Crippen LogP contribution in [0.2, 0.25) is 0 Å². The third-order valence-corrected chi connectivity index (χ3v) is 3.04. The molecule has 0 saturated heterocycles. The van der Waals surface area contributed by atoms with Crippen LogP contribution in [0.4, 0.5) is 5.69 Å². The number of likely N-dealkylation sites (N-methyl/N-ethyl adjacent to an activating group) is 1. The molecule has 19 heavy (non-hydrogen) atoms. The summed E-state index contributed by atoms with van der Waals surface area (Å²) in [6.07, 6.45) is 0. The lowest BCUT2D eigenvalue weighted by atomic mass is 10.1. The molecule has 0 aromatic heterocycles. The van der Waals surface area contributed by atoms with Crippen molar-refractivity contribution in [3.8, 4) is 0 Å². The van der Waals surface area contributed by atoms with E-state index in [1.165, 1.54) is 0 Å². The Morgan fingerprint density at radius 3 is 2.74 bits per heavy atom. The zero-order valence-corrected chi connectivity index (χ0v) is 13.0. The fourth-order valence-electron chi connectivity index (χ4n) is 1.83. The molecule has 0 aliphatic carbocycles. The number of carbonyl (C=O) groups excluding carboxylic acids is 1. The maximum Gasteiger partial charge on any atom is 0.253 e. The Balaban J connectivity index is 2.68. The van der Waals surface area contributed by atoms with Crippen molar-refractivity contribution in [1.29, 1.82) is 0 Å². The molecule has 1 rings (SSSR count). The van der Waals surface area contributed by atoms with Crippen LogP contribution in [0.25, 0.3) is 0 Å². The van der Waals surface area contributed by atoms with Gasteiger partial charge in [0.15, 0.2) is 0 Å². The van der Waals surface area contributed by atoms with Crippen LogP contribution in [-0.4, -0.2) is 48.7 Å². The molecule has 5 nitrogen and oxygen atoms in total. The molecule has 0 heterocycles. The summed E-state index contributed by atoms with van der Waals surface area (Å²) >= 11 is 3.30. The monoisotopic (exact) mass is 329 g/mol. The highest BCUT2D eigenvalue weighted by molar-refractivity contribution is 9.10. The van der Waals surface area contributed by atoms with Gasteiger partial charge in [-0.15, -0.1) is 0 Å². The van der Waals surface area contributed by atoms with E-state index in [0.717, 1.165) is 4.47 Å². The Morgan fingerprint density at radius 1 is 1.53 bits per heavy atom. The van der Waals surface area contributed by atoms with Crippen LogP contribution in [0.5, 0.6) is 0 Å². The summed E-state index contributed by atoms with van der Waals surface area (Å²) in [6.45, 7) is 2.30. The summed E-state index contributed by atoms with van der Waals surface area (Å²) in [5.41, 5.74) is 5.58. The SMILES string of the molecule is CN(C)CC(C)(O)CNC(=O)c1cc(Br)ccc1N. The molecule has 0 bridgehead atoms. The Kier molecular flexibility index (Phi) is 5.34. The van der Waals surface area contributed by atoms with Gasteiger partial charge in [0, 0.05) is 23.2 Å². The van der Waals surface area contributed by atoms with Crippen molar-refractivity contribution < 1.29 is 9.90 Å². The van der Waals surface area contributed by atoms with Gasteiger partial charge in [0.05, 0.1) is 11.2 Å². The van der Waals surface area contributed by atoms with Crippen molar-refractivity contribution in [3.63, 3.8) is 0 Å². The molecule has 0 radical (unpaired) electrons. The van der Waals surface area contributed by atoms with Gasteiger partial charge in [0.25, 0.3) is 5.91 Å². The summed E-state index contributed by atoms with van der Waals surface area (Å²) in [4.78, 5) is 13.9. The third-order valence-electron chi connectivity index (χ3n) is 2.55. The van der Waals surface area contributed by atoms with Gasteiger partial charge in [0.2, 0.25) is 0 Å². The van der Waals surface area contributed by atoms with Crippen LogP contribution in [0, 0.1) is 0 Å². The molecule has 1 amide bonds. The summed E-state index contributed by atoms with van der Waals surface area (Å²) in [7, 11) is 3.73. The van der Waals surface area contributed by atoms with E-state index in [1.54, 1.807) is 25.1 Å². The first-order valence-corrected chi connectivity index (χ1v) is 6.71. The highest BCUT2D eigenvalue weighted by atomic mass is 79.9. The number of nitrogen functional groups attached to an aromatic ring is 1. The molecule has 4 N–H and O–H groups in total. The quantitative estimate of drug-likeness (QED) is 0.706. The lowest BCUT2D eigenvalue weighted by Gasteiger charge is -2.27. The number of rotatable bonds is 5. The Hall–Kier alpha value is -1.11. The largest absolute Gasteiger partial charge is 0.398 e. The van der Waals surface area contributed by atoms with Crippen LogP contribution < -0.4 is 11.1 Å². The molecule has 6 heteroatoms. The van der Waals surface area contributed by atoms with E-state index in [-0.39, 0.29) is 12.5 Å². The molecule has 0 saturated carbocycles. The smallest absolute Gasteiger partial charge is 0.253 e. The van der Waals surface area contributed by atoms with Crippen LogP contribution in [0.15, 0.2) is 22.7 Å². The summed E-state index contributed by atoms with van der Waals surface area (Å²) in [5, 5.41) is 12.8. The molecule has 0 aliphatic heterocycles. The normalized spacial score (nSPS) is 14.2. The van der Waals surface area contributed by atoms with Gasteiger partial charge >= 0.3 is 0 Å². The fourth-order valence-corrected chi connectivity index (χ4v) is 2.19. The van der Waals surface area contributed by atoms with E-state index in [9.17, 15) is 9.90 Å². The molecule has 0 aliphatic rings. The summed E-state index contributed by atoms with van der Waals surface area (Å²) < 4.78 is 0.784. The second-order valence-electron chi connectivity index (χ2n) is 5.15. The zero-order chi connectivity index (χ0) is 14.6. The highest BCUT2D eigenvalue weighted by Crippen LogP contribution is 2.18. The first kappa shape index (κ1) is 15.9. The van der Waals surface area contributed by atoms with Gasteiger partial charge in [-0.2, -0.15) is 0 Å². The lowest BCUT2D eigenvalue weighted by molar-refractivity contribution is 0.0326. The van der Waals surface area contributed by atoms with Crippen molar-refractivity contribution in [3.05, 3.63) is 28.2 Å². The number of hydrogen-bond acceptors (Lipinski definition) is 4. The van der Waals surface area contributed by atoms with E-state index in [2.05, 4.69) is 21.2 Å². The number of benzene rings is 1. The number of halogens is 1. The molecule has 106 valence electrons. The molecule has 1 unspecified atom stereocenters. The number of carbonyl (C=O) groups is 1. The second-order valence-corrected chi connectivity index (χ2v) is 6.06. The molecular weight excluding hydrogens is 310 g/mol. The van der Waals surface area contributed by atoms with Crippen molar-refractivity contribution in [2.75, 3.05) is 32.9 Å². The van der Waals surface area contributed by atoms with E-state index < -0.39 is 5.60 Å². The van der Waals surface area contributed by atoms with Gasteiger partial charge in [-0.1, -0.05) is 15.9 Å². The number of nitrogens with two attached hydrogens (primary N) is 1. The average molecular weight is 330 g/mol. The lowest BCUT2D eigenvalue weighted by Crippen LogP contribution is -2.47. The predicted molar refractivity (Wildman–Crippen MR) is 80.1 cm³/mol. The third kappa shape index (κ3) is 5.18. The predicted octanol–water partition coefficient (Wildman–Crippen LogP) is 1.07. The van der Waals surface area contributed by atoms with E-state index in [1.807, 2.05) is 19.0 Å². The second kappa shape index (κ2) is 6.36. The maximum absolute atomic E-state index is 12.0. The summed E-state index contributed by atoms with van der Waals surface area (Å²) in [5.74, 6) is -0.294. The van der Waals surface area contributed by atoms with Crippen molar-refractivity contribution >= 4 is 27.5 Å². The molecule has 1 atom stereocenters. The number of nitrogens with one attached hydrogen (secondary N) is 1. The minimum Gasteiger partial charge on any atom is -0.398 e. The standard InChI is InChI=1S/C13H20BrN3O2/c1-13(19,8-17(2)3)7-16-12(18)10-6-9(14)4-5-11(10)15/h4-6,19H,7-8,15H2,1-3H3,(H,16,18). The van der Waals surface area contributed by atoms with E-state index in [4.69, 9.17) is 5.73 Å². The number of amides is 1. The zero-order valence-electron chi connectivity index (χ0n) is 11.4. The van der Waals surface area contributed by atoms with Crippen molar-refractivity contribution in [2.45, 2.75) is 12.5 Å². The number of nitrogens with zero attached hydrogens (tertiary/aromatic N) is 1. The van der Waals surface area contributed by atoms with Crippen LogP contribution in [0.1, 0.15) is 17.3 Å². The van der Waals surface area contributed by atoms with Crippen LogP contribution in [-0.2, 0) is 0 Å². The minimum absolute atomic E-state index is 0.163. The Labute approximate surface area is 121 Å². The van der Waals surface area contributed by atoms with Crippen LogP contribution >= 0.6 is 15.9 Å². The van der Waals surface area contributed by atoms with Gasteiger partial charge in [-0.3, -0.25) is 4.79 Å². The van der Waals surface area contributed by atoms with E-state index >= 15 is 0 Å². The molecule has 0 spiro atoms. The molecular formula is C13H20BrN3O2. The number of aliphatic hydroxyl groups is 1. The highest BCUT2D eigenvalue weighted by Gasteiger charge is 2.22. The topological polar surface area (TPSA) is 78.6 Å². The van der Waals surface area contributed by atoms with Gasteiger partial charge in [-0.05, 0) is 39.2 Å². The first-order chi connectivity index (χ1) is 8.71. The summed E-state index contributed by atoms with van der Waals surface area (Å²) in [6, 6.07) is 5.09. The van der Waals surface area contributed by atoms with Crippen LogP contribution in [0.3, 0.4) is 0 Å². The molecule has 0 fully saturated rings.